The highest BCUT2D eigenvalue weighted by Crippen LogP contribution is 2.50. The van der Waals surface area contributed by atoms with Gasteiger partial charge in [0.2, 0.25) is 11.8 Å². The molecule has 0 bridgehead atoms. The predicted octanol–water partition coefficient (Wildman–Crippen LogP) is -1.52. The fraction of sp³-hybridized carbons (Fsp3) is 0.533. The summed E-state index contributed by atoms with van der Waals surface area (Å²) in [5.41, 5.74) is -0.971. The Labute approximate surface area is 151 Å². The zero-order valence-electron chi connectivity index (χ0n) is 14.3. The van der Waals surface area contributed by atoms with Crippen LogP contribution in [0.3, 0.4) is 0 Å². The SMILES string of the molecule is Cc1cn(CC(=O)NC2C(=O)N3[C@@H]2SC(C)(C)[C@@H]3C(=O)O)c(=O)[nH]c1=O. The van der Waals surface area contributed by atoms with E-state index >= 15 is 0 Å². The van der Waals surface area contributed by atoms with Crippen LogP contribution in [0.25, 0.3) is 0 Å². The normalized spacial score (nSPS) is 26.2. The Kier molecular flexibility index (Phi) is 4.21. The molecule has 140 valence electrons. The Morgan fingerprint density at radius 1 is 1.35 bits per heavy atom. The number of carboxylic acids is 1. The van der Waals surface area contributed by atoms with Crippen molar-refractivity contribution in [1.29, 1.82) is 0 Å². The molecule has 11 heteroatoms. The number of carbonyl (C=O) groups is 3. The second kappa shape index (κ2) is 6.01. The van der Waals surface area contributed by atoms with Crippen LogP contribution in [-0.2, 0) is 20.9 Å². The molecule has 2 aliphatic rings. The summed E-state index contributed by atoms with van der Waals surface area (Å²) >= 11 is 1.32. The fourth-order valence-electron chi connectivity index (χ4n) is 3.26. The van der Waals surface area contributed by atoms with Gasteiger partial charge in [-0.2, -0.15) is 0 Å². The topological polar surface area (TPSA) is 142 Å². The number of nitrogens with one attached hydrogen (secondary N) is 2. The number of thioether (sulfide) groups is 1. The first-order chi connectivity index (χ1) is 12.0. The Morgan fingerprint density at radius 2 is 2.00 bits per heavy atom. The fourth-order valence-corrected chi connectivity index (χ4v) is 4.88. The van der Waals surface area contributed by atoms with Crippen molar-refractivity contribution in [3.63, 3.8) is 0 Å². The van der Waals surface area contributed by atoms with E-state index in [0.717, 1.165) is 4.57 Å². The third-order valence-electron chi connectivity index (χ3n) is 4.49. The number of hydrogen-bond donors (Lipinski definition) is 3. The molecule has 0 aromatic carbocycles. The van der Waals surface area contributed by atoms with Crippen LogP contribution < -0.4 is 16.6 Å². The van der Waals surface area contributed by atoms with E-state index in [0.29, 0.717) is 0 Å². The summed E-state index contributed by atoms with van der Waals surface area (Å²) in [6, 6.07) is -1.79. The molecule has 26 heavy (non-hydrogen) atoms. The lowest BCUT2D eigenvalue weighted by molar-refractivity contribution is -0.161. The number of nitrogens with zero attached hydrogens (tertiary/aromatic N) is 2. The Balaban J connectivity index is 1.71. The highest BCUT2D eigenvalue weighted by Gasteiger charge is 2.64. The number of H-pyrrole nitrogens is 1. The summed E-state index contributed by atoms with van der Waals surface area (Å²) in [7, 11) is 0. The Hall–Kier alpha value is -2.56. The highest BCUT2D eigenvalue weighted by molar-refractivity contribution is 8.01. The molecule has 0 radical (unpaired) electrons. The maximum atomic E-state index is 12.3. The van der Waals surface area contributed by atoms with Crippen molar-refractivity contribution in [2.45, 2.75) is 49.5 Å². The van der Waals surface area contributed by atoms with Crippen LogP contribution in [-0.4, -0.2) is 59.5 Å². The second-order valence-electron chi connectivity index (χ2n) is 6.84. The number of aromatic nitrogens is 2. The van der Waals surface area contributed by atoms with Gasteiger partial charge in [-0.3, -0.25) is 23.9 Å². The van der Waals surface area contributed by atoms with Gasteiger partial charge in [-0.05, 0) is 20.8 Å². The van der Waals surface area contributed by atoms with Gasteiger partial charge in [0.05, 0.1) is 0 Å². The van der Waals surface area contributed by atoms with Gasteiger partial charge >= 0.3 is 11.7 Å². The standard InChI is InChI=1S/C15H18N4O6S/c1-6-4-18(14(25)17-10(6)21)5-7(20)16-8-11(22)19-9(13(23)24)15(2,3)26-12(8)19/h4,8-9,12H,5H2,1-3H3,(H,16,20)(H,23,24)(H,17,21,25)/t8?,9-,12+/m0/s1. The molecule has 2 saturated heterocycles. The number of amides is 2. The number of aliphatic carboxylic acids is 1. The molecule has 3 N–H and O–H groups in total. The summed E-state index contributed by atoms with van der Waals surface area (Å²) in [6.45, 7) is 4.62. The van der Waals surface area contributed by atoms with Gasteiger partial charge in [0.25, 0.3) is 5.56 Å². The van der Waals surface area contributed by atoms with Crippen molar-refractivity contribution < 1.29 is 19.5 Å². The maximum absolute atomic E-state index is 12.3. The van der Waals surface area contributed by atoms with E-state index in [1.807, 2.05) is 0 Å². The van der Waals surface area contributed by atoms with E-state index in [1.54, 1.807) is 13.8 Å². The third kappa shape index (κ3) is 2.81. The van der Waals surface area contributed by atoms with Crippen LogP contribution in [0.5, 0.6) is 0 Å². The molecule has 3 atom stereocenters. The highest BCUT2D eigenvalue weighted by atomic mass is 32.2. The van der Waals surface area contributed by atoms with E-state index in [-0.39, 0.29) is 12.1 Å². The quantitative estimate of drug-likeness (QED) is 0.537. The van der Waals surface area contributed by atoms with Crippen LogP contribution >= 0.6 is 11.8 Å². The molecule has 0 saturated carbocycles. The minimum Gasteiger partial charge on any atom is -0.480 e. The van der Waals surface area contributed by atoms with Gasteiger partial charge < -0.3 is 15.3 Å². The Bertz CT molecular complexity index is 919. The molecule has 10 nitrogen and oxygen atoms in total. The minimum absolute atomic E-state index is 0.278. The molecule has 1 aromatic rings. The number of carbonyl (C=O) groups excluding carboxylic acids is 2. The number of rotatable bonds is 4. The van der Waals surface area contributed by atoms with E-state index < -0.39 is 51.2 Å². The zero-order chi connectivity index (χ0) is 19.4. The van der Waals surface area contributed by atoms with Crippen molar-refractivity contribution in [2.75, 3.05) is 0 Å². The molecular formula is C15H18N4O6S. The molecular weight excluding hydrogens is 364 g/mol. The van der Waals surface area contributed by atoms with Crippen LogP contribution in [0.1, 0.15) is 19.4 Å². The van der Waals surface area contributed by atoms with Gasteiger partial charge in [-0.1, -0.05) is 0 Å². The van der Waals surface area contributed by atoms with Gasteiger partial charge in [0.1, 0.15) is 24.0 Å². The molecule has 1 unspecified atom stereocenters. The summed E-state index contributed by atoms with van der Waals surface area (Å²) in [4.78, 5) is 62.4. The first-order valence-corrected chi connectivity index (χ1v) is 8.73. The van der Waals surface area contributed by atoms with Crippen molar-refractivity contribution in [3.8, 4) is 0 Å². The van der Waals surface area contributed by atoms with Gasteiger partial charge in [-0.25, -0.2) is 9.59 Å². The van der Waals surface area contributed by atoms with E-state index in [1.165, 1.54) is 29.8 Å². The average molecular weight is 382 g/mol. The molecule has 0 aliphatic carbocycles. The first-order valence-electron chi connectivity index (χ1n) is 7.85. The molecule has 1 aromatic heterocycles. The summed E-state index contributed by atoms with van der Waals surface area (Å²) < 4.78 is 0.358. The molecule has 2 amide bonds. The van der Waals surface area contributed by atoms with Gasteiger partial charge in [0.15, 0.2) is 0 Å². The lowest BCUT2D eigenvalue weighted by atomic mass is 9.96. The van der Waals surface area contributed by atoms with Crippen LogP contribution in [0.2, 0.25) is 0 Å². The summed E-state index contributed by atoms with van der Waals surface area (Å²) in [5, 5.41) is 11.5. The van der Waals surface area contributed by atoms with Crippen molar-refractivity contribution in [2.24, 2.45) is 0 Å². The molecule has 3 rings (SSSR count). The number of β-lactam (4-membered cyclic amide) rings is 1. The molecule has 2 aliphatic heterocycles. The molecule has 2 fully saturated rings. The van der Waals surface area contributed by atoms with E-state index in [9.17, 15) is 29.1 Å². The van der Waals surface area contributed by atoms with Gasteiger partial charge in [0, 0.05) is 16.5 Å². The van der Waals surface area contributed by atoms with Crippen LogP contribution in [0.4, 0.5) is 0 Å². The lowest BCUT2D eigenvalue weighted by Crippen LogP contribution is -2.70. The zero-order valence-corrected chi connectivity index (χ0v) is 15.1. The largest absolute Gasteiger partial charge is 0.480 e. The van der Waals surface area contributed by atoms with E-state index in [2.05, 4.69) is 10.3 Å². The van der Waals surface area contributed by atoms with E-state index in [4.69, 9.17) is 0 Å². The number of carboxylic acid groups (broad SMARTS) is 1. The third-order valence-corrected chi connectivity index (χ3v) is 6.07. The summed E-state index contributed by atoms with van der Waals surface area (Å²) in [5.74, 6) is -2.12. The predicted molar refractivity (Wildman–Crippen MR) is 91.7 cm³/mol. The van der Waals surface area contributed by atoms with Crippen molar-refractivity contribution >= 4 is 29.5 Å². The van der Waals surface area contributed by atoms with Crippen LogP contribution in [0, 0.1) is 6.92 Å². The van der Waals surface area contributed by atoms with Crippen molar-refractivity contribution in [1.82, 2.24) is 19.8 Å². The number of fused-ring (bicyclic) bond motifs is 1. The van der Waals surface area contributed by atoms with Gasteiger partial charge in [-0.15, -0.1) is 11.8 Å². The lowest BCUT2D eigenvalue weighted by Gasteiger charge is -2.43. The number of aryl methyl sites for hydroxylation is 1. The monoisotopic (exact) mass is 382 g/mol. The average Bonchev–Trinajstić information content (AvgIpc) is 2.78. The number of hydrogen-bond acceptors (Lipinski definition) is 6. The maximum Gasteiger partial charge on any atom is 0.328 e. The van der Waals surface area contributed by atoms with Crippen molar-refractivity contribution in [3.05, 3.63) is 32.6 Å². The first kappa shape index (κ1) is 18.2. The summed E-state index contributed by atoms with van der Waals surface area (Å²) in [6.07, 6.45) is 1.27. The van der Waals surface area contributed by atoms with Crippen LogP contribution in [0.15, 0.2) is 15.8 Å². The second-order valence-corrected chi connectivity index (χ2v) is 8.61. The minimum atomic E-state index is -1.08. The molecule has 3 heterocycles. The number of aromatic amines is 1. The Morgan fingerprint density at radius 3 is 2.62 bits per heavy atom. The molecule has 0 spiro atoms. The smallest absolute Gasteiger partial charge is 0.328 e.